The largest absolute Gasteiger partial charge is 0.490 e. The lowest BCUT2D eigenvalue weighted by Crippen LogP contribution is -2.10. The molecule has 0 fully saturated rings. The number of rotatable bonds is 9. The van der Waals surface area contributed by atoms with Gasteiger partial charge in [0, 0.05) is 11.1 Å². The van der Waals surface area contributed by atoms with Crippen molar-refractivity contribution in [3.63, 3.8) is 0 Å². The molecule has 0 saturated heterocycles. The van der Waals surface area contributed by atoms with Gasteiger partial charge in [-0.3, -0.25) is 10.8 Å². The van der Waals surface area contributed by atoms with E-state index in [2.05, 4.69) is 0 Å². The lowest BCUT2D eigenvalue weighted by atomic mass is 10.2. The van der Waals surface area contributed by atoms with Crippen molar-refractivity contribution in [1.29, 1.82) is 10.8 Å². The Kier molecular flexibility index (Phi) is 7.00. The predicted octanol–water partition coefficient (Wildman–Crippen LogP) is 2.82. The average molecular weight is 350 g/mol. The van der Waals surface area contributed by atoms with Gasteiger partial charge in [-0.25, -0.2) is 0 Å². The Labute approximate surface area is 152 Å². The first kappa shape index (κ1) is 18.8. The SMILES string of the molecule is N=C(N)c1ccc(OCC=CC=CCOc2ccc(C(=N)N)cc2)cc1. The van der Waals surface area contributed by atoms with Gasteiger partial charge in [-0.15, -0.1) is 0 Å². The van der Waals surface area contributed by atoms with Gasteiger partial charge in [-0.1, -0.05) is 12.2 Å². The first-order chi connectivity index (χ1) is 12.6. The predicted molar refractivity (Wildman–Crippen MR) is 104 cm³/mol. The fraction of sp³-hybridized carbons (Fsp3) is 0.100. The number of nitrogens with one attached hydrogen (secondary N) is 2. The molecule has 26 heavy (non-hydrogen) atoms. The van der Waals surface area contributed by atoms with Gasteiger partial charge in [-0.05, 0) is 60.7 Å². The second-order valence-corrected chi connectivity index (χ2v) is 5.35. The summed E-state index contributed by atoms with van der Waals surface area (Å²) in [5, 5.41) is 14.7. The van der Waals surface area contributed by atoms with E-state index in [9.17, 15) is 0 Å². The quantitative estimate of drug-likeness (QED) is 0.316. The highest BCUT2D eigenvalue weighted by Gasteiger charge is 1.97. The van der Waals surface area contributed by atoms with E-state index in [1.807, 2.05) is 24.3 Å². The molecule has 0 amide bonds. The van der Waals surface area contributed by atoms with Crippen molar-refractivity contribution in [1.82, 2.24) is 0 Å². The number of nitrogen functional groups attached to an aromatic ring is 2. The van der Waals surface area contributed by atoms with E-state index in [1.165, 1.54) is 0 Å². The van der Waals surface area contributed by atoms with Crippen molar-refractivity contribution < 1.29 is 9.47 Å². The normalized spacial score (nSPS) is 10.9. The maximum absolute atomic E-state index is 7.33. The summed E-state index contributed by atoms with van der Waals surface area (Å²) >= 11 is 0. The molecule has 0 unspecified atom stereocenters. The molecular weight excluding hydrogens is 328 g/mol. The molecule has 134 valence electrons. The van der Waals surface area contributed by atoms with E-state index in [-0.39, 0.29) is 11.7 Å². The summed E-state index contributed by atoms with van der Waals surface area (Å²) in [5.74, 6) is 1.53. The summed E-state index contributed by atoms with van der Waals surface area (Å²) in [5.41, 5.74) is 12.1. The number of amidine groups is 2. The van der Waals surface area contributed by atoms with Crippen molar-refractivity contribution in [2.45, 2.75) is 0 Å². The van der Waals surface area contributed by atoms with E-state index in [0.717, 1.165) is 11.5 Å². The molecule has 0 atom stereocenters. The molecule has 0 bridgehead atoms. The number of allylic oxidation sites excluding steroid dienone is 2. The van der Waals surface area contributed by atoms with Gasteiger partial charge < -0.3 is 20.9 Å². The van der Waals surface area contributed by atoms with Gasteiger partial charge in [0.05, 0.1) is 0 Å². The molecule has 0 aliphatic carbocycles. The summed E-state index contributed by atoms with van der Waals surface area (Å²) in [4.78, 5) is 0. The Balaban J connectivity index is 1.66. The Morgan fingerprint density at radius 3 is 1.35 bits per heavy atom. The van der Waals surface area contributed by atoms with Crippen LogP contribution in [0, 0.1) is 10.8 Å². The first-order valence-electron chi connectivity index (χ1n) is 8.02. The molecule has 0 heterocycles. The van der Waals surface area contributed by atoms with Crippen LogP contribution < -0.4 is 20.9 Å². The van der Waals surface area contributed by atoms with Gasteiger partial charge in [0.25, 0.3) is 0 Å². The molecule has 0 aliphatic heterocycles. The van der Waals surface area contributed by atoms with E-state index in [4.69, 9.17) is 31.8 Å². The van der Waals surface area contributed by atoms with E-state index >= 15 is 0 Å². The molecule has 0 aliphatic rings. The second-order valence-electron chi connectivity index (χ2n) is 5.35. The van der Waals surface area contributed by atoms with Crippen molar-refractivity contribution >= 4 is 11.7 Å². The molecule has 0 saturated carbocycles. The third-order valence-electron chi connectivity index (χ3n) is 3.41. The molecule has 0 spiro atoms. The van der Waals surface area contributed by atoms with Crippen LogP contribution in [0.4, 0.5) is 0 Å². The maximum Gasteiger partial charge on any atom is 0.122 e. The molecule has 6 nitrogen and oxygen atoms in total. The van der Waals surface area contributed by atoms with Crippen LogP contribution in [0.15, 0.2) is 72.8 Å². The molecule has 0 aromatic heterocycles. The zero-order valence-corrected chi connectivity index (χ0v) is 14.3. The van der Waals surface area contributed by atoms with Gasteiger partial charge in [0.1, 0.15) is 36.4 Å². The maximum atomic E-state index is 7.33. The van der Waals surface area contributed by atoms with Crippen LogP contribution in [0.5, 0.6) is 11.5 Å². The van der Waals surface area contributed by atoms with Crippen LogP contribution in [-0.4, -0.2) is 24.9 Å². The first-order valence-corrected chi connectivity index (χ1v) is 8.02. The van der Waals surface area contributed by atoms with Crippen LogP contribution in [0.25, 0.3) is 0 Å². The molecule has 2 aromatic carbocycles. The second kappa shape index (κ2) is 9.68. The van der Waals surface area contributed by atoms with Crippen LogP contribution in [0.2, 0.25) is 0 Å². The van der Waals surface area contributed by atoms with Crippen LogP contribution in [0.3, 0.4) is 0 Å². The minimum Gasteiger partial charge on any atom is -0.490 e. The smallest absolute Gasteiger partial charge is 0.122 e. The van der Waals surface area contributed by atoms with Crippen molar-refractivity contribution in [2.24, 2.45) is 11.5 Å². The Morgan fingerprint density at radius 2 is 1.04 bits per heavy atom. The number of hydrogen-bond acceptors (Lipinski definition) is 4. The van der Waals surface area contributed by atoms with Gasteiger partial charge >= 0.3 is 0 Å². The molecule has 0 radical (unpaired) electrons. The lowest BCUT2D eigenvalue weighted by molar-refractivity contribution is 0.361. The van der Waals surface area contributed by atoms with Crippen LogP contribution in [0.1, 0.15) is 11.1 Å². The monoisotopic (exact) mass is 350 g/mol. The Hall–Kier alpha value is -3.54. The number of nitrogens with two attached hydrogens (primary N) is 2. The zero-order valence-electron chi connectivity index (χ0n) is 14.3. The fourth-order valence-corrected chi connectivity index (χ4v) is 2.02. The average Bonchev–Trinajstić information content (AvgIpc) is 2.64. The van der Waals surface area contributed by atoms with Gasteiger partial charge in [0.2, 0.25) is 0 Å². The van der Waals surface area contributed by atoms with Crippen LogP contribution >= 0.6 is 0 Å². The highest BCUT2D eigenvalue weighted by molar-refractivity contribution is 5.95. The van der Waals surface area contributed by atoms with Crippen LogP contribution in [-0.2, 0) is 0 Å². The topological polar surface area (TPSA) is 118 Å². The number of hydrogen-bond donors (Lipinski definition) is 4. The number of benzene rings is 2. The minimum atomic E-state index is 0.0404. The van der Waals surface area contributed by atoms with Crippen molar-refractivity contribution in [3.8, 4) is 11.5 Å². The Morgan fingerprint density at radius 1 is 0.692 bits per heavy atom. The summed E-state index contributed by atoms with van der Waals surface area (Å²) in [6, 6.07) is 14.1. The van der Waals surface area contributed by atoms with Crippen molar-refractivity contribution in [2.75, 3.05) is 13.2 Å². The molecule has 6 N–H and O–H groups in total. The van der Waals surface area contributed by atoms with E-state index < -0.39 is 0 Å². The standard InChI is InChI=1S/C20H22N4O2/c21-19(22)15-5-9-17(10-6-15)25-13-3-1-2-4-14-26-18-11-7-16(8-12-18)20(23)24/h1-12H,13-14H2,(H3,21,22)(H3,23,24). The summed E-state index contributed by atoms with van der Waals surface area (Å²) < 4.78 is 11.1. The fourth-order valence-electron chi connectivity index (χ4n) is 2.02. The molecule has 6 heteroatoms. The highest BCUT2D eigenvalue weighted by atomic mass is 16.5. The third kappa shape index (κ3) is 6.16. The third-order valence-corrected chi connectivity index (χ3v) is 3.41. The van der Waals surface area contributed by atoms with E-state index in [0.29, 0.717) is 24.3 Å². The minimum absolute atomic E-state index is 0.0404. The Bertz CT molecular complexity index is 724. The van der Waals surface area contributed by atoms with Gasteiger partial charge in [0.15, 0.2) is 0 Å². The molecule has 2 aromatic rings. The van der Waals surface area contributed by atoms with Crippen molar-refractivity contribution in [3.05, 3.63) is 84.0 Å². The number of ether oxygens (including phenoxy) is 2. The zero-order chi connectivity index (χ0) is 18.8. The summed E-state index contributed by atoms with van der Waals surface area (Å²) in [6.07, 6.45) is 7.53. The lowest BCUT2D eigenvalue weighted by Gasteiger charge is -2.04. The summed E-state index contributed by atoms with van der Waals surface area (Å²) in [7, 11) is 0. The summed E-state index contributed by atoms with van der Waals surface area (Å²) in [6.45, 7) is 0.883. The van der Waals surface area contributed by atoms with E-state index in [1.54, 1.807) is 48.5 Å². The molecular formula is C20H22N4O2. The molecule has 2 rings (SSSR count). The highest BCUT2D eigenvalue weighted by Crippen LogP contribution is 2.12. The van der Waals surface area contributed by atoms with Gasteiger partial charge in [-0.2, -0.15) is 0 Å².